The molecule has 1 heterocycles. The number of phenolic OH excluding ortho intramolecular Hbond substituents is 1. The van der Waals surface area contributed by atoms with Crippen LogP contribution in [0.4, 0.5) is 10.1 Å². The maximum absolute atomic E-state index is 13.1. The molecular formula is C19H16ClFN2O. The minimum absolute atomic E-state index is 0.0334. The minimum Gasteiger partial charge on any atom is -0.506 e. The van der Waals surface area contributed by atoms with Crippen LogP contribution in [0.2, 0.25) is 5.02 Å². The summed E-state index contributed by atoms with van der Waals surface area (Å²) in [5.41, 5.74) is 4.26. The molecule has 0 radical (unpaired) electrons. The van der Waals surface area contributed by atoms with Crippen molar-refractivity contribution >= 4 is 23.5 Å². The molecule has 3 rings (SSSR count). The van der Waals surface area contributed by atoms with Crippen LogP contribution in [0.15, 0.2) is 53.5 Å². The third-order valence-electron chi connectivity index (χ3n) is 3.84. The summed E-state index contributed by atoms with van der Waals surface area (Å²) in [5.74, 6) is -0.229. The number of halogens is 2. The van der Waals surface area contributed by atoms with E-state index in [-0.39, 0.29) is 11.6 Å². The van der Waals surface area contributed by atoms with Crippen molar-refractivity contribution in [3.8, 4) is 11.4 Å². The maximum atomic E-state index is 13.1. The van der Waals surface area contributed by atoms with Gasteiger partial charge in [-0.15, -0.1) is 0 Å². The smallest absolute Gasteiger partial charge is 0.142 e. The van der Waals surface area contributed by atoms with Gasteiger partial charge >= 0.3 is 0 Å². The molecule has 0 bridgehead atoms. The van der Waals surface area contributed by atoms with Gasteiger partial charge in [-0.3, -0.25) is 4.99 Å². The molecule has 0 aliphatic heterocycles. The number of aliphatic imine (C=N–C) groups is 1. The summed E-state index contributed by atoms with van der Waals surface area (Å²) in [7, 11) is 0. The van der Waals surface area contributed by atoms with Gasteiger partial charge in [0.1, 0.15) is 17.3 Å². The molecule has 0 aliphatic rings. The number of nitrogens with zero attached hydrogens (tertiary/aromatic N) is 2. The normalized spacial score (nSPS) is 11.3. The van der Waals surface area contributed by atoms with E-state index in [4.69, 9.17) is 11.6 Å². The van der Waals surface area contributed by atoms with Gasteiger partial charge < -0.3 is 9.67 Å². The lowest BCUT2D eigenvalue weighted by molar-refractivity contribution is 0.477. The van der Waals surface area contributed by atoms with E-state index in [0.29, 0.717) is 10.7 Å². The fourth-order valence-electron chi connectivity index (χ4n) is 2.65. The maximum Gasteiger partial charge on any atom is 0.142 e. The number of hydrogen-bond acceptors (Lipinski definition) is 2. The van der Waals surface area contributed by atoms with Crippen molar-refractivity contribution in [3.05, 3.63) is 76.3 Å². The van der Waals surface area contributed by atoms with Crippen molar-refractivity contribution in [2.45, 2.75) is 13.8 Å². The van der Waals surface area contributed by atoms with E-state index in [0.717, 1.165) is 22.6 Å². The Hall–Kier alpha value is -2.59. The zero-order chi connectivity index (χ0) is 17.3. The predicted molar refractivity (Wildman–Crippen MR) is 95.6 cm³/mol. The summed E-state index contributed by atoms with van der Waals surface area (Å²) in [4.78, 5) is 4.33. The molecule has 3 nitrogen and oxygen atoms in total. The van der Waals surface area contributed by atoms with Crippen LogP contribution in [0.5, 0.6) is 5.75 Å². The second kappa shape index (κ2) is 6.49. The van der Waals surface area contributed by atoms with Gasteiger partial charge in [-0.05, 0) is 56.3 Å². The molecule has 1 aromatic heterocycles. The fourth-order valence-corrected chi connectivity index (χ4v) is 2.82. The Bertz CT molecular complexity index is 914. The van der Waals surface area contributed by atoms with Gasteiger partial charge in [-0.1, -0.05) is 11.6 Å². The molecule has 0 atom stereocenters. The number of hydrogen-bond donors (Lipinski definition) is 1. The molecule has 3 aromatic rings. The first kappa shape index (κ1) is 16.3. The Kier molecular flexibility index (Phi) is 4.40. The van der Waals surface area contributed by atoms with Crippen molar-refractivity contribution < 1.29 is 9.50 Å². The van der Waals surface area contributed by atoms with Crippen LogP contribution >= 0.6 is 11.6 Å². The van der Waals surface area contributed by atoms with E-state index >= 15 is 0 Å². The van der Waals surface area contributed by atoms with E-state index in [1.54, 1.807) is 30.5 Å². The molecule has 0 aliphatic carbocycles. The van der Waals surface area contributed by atoms with Gasteiger partial charge in [-0.25, -0.2) is 4.39 Å². The fraction of sp³-hybridized carbons (Fsp3) is 0.105. The highest BCUT2D eigenvalue weighted by Gasteiger charge is 2.10. The quantitative estimate of drug-likeness (QED) is 0.641. The zero-order valence-corrected chi connectivity index (χ0v) is 14.0. The van der Waals surface area contributed by atoms with E-state index in [9.17, 15) is 9.50 Å². The Morgan fingerprint density at radius 2 is 1.79 bits per heavy atom. The van der Waals surface area contributed by atoms with Crippen molar-refractivity contribution in [2.75, 3.05) is 0 Å². The number of aromatic nitrogens is 1. The van der Waals surface area contributed by atoms with Crippen molar-refractivity contribution in [1.82, 2.24) is 4.57 Å². The number of aryl methyl sites for hydroxylation is 1. The van der Waals surface area contributed by atoms with E-state index in [2.05, 4.69) is 4.99 Å². The second-order valence-electron chi connectivity index (χ2n) is 5.53. The number of phenols is 1. The lowest BCUT2D eigenvalue weighted by Gasteiger charge is -2.09. The lowest BCUT2D eigenvalue weighted by Crippen LogP contribution is -1.99. The summed E-state index contributed by atoms with van der Waals surface area (Å²) in [6.07, 6.45) is 1.70. The SMILES string of the molecule is Cc1cc(C=Nc2ccc(Cl)cc2O)c(C)n1-c1ccc(F)cc1. The molecule has 0 spiro atoms. The minimum atomic E-state index is -0.263. The van der Waals surface area contributed by atoms with Crippen LogP contribution in [-0.4, -0.2) is 15.9 Å². The number of rotatable bonds is 3. The van der Waals surface area contributed by atoms with Gasteiger partial charge in [0.15, 0.2) is 0 Å². The van der Waals surface area contributed by atoms with Gasteiger partial charge in [0.05, 0.1) is 0 Å². The molecule has 5 heteroatoms. The summed E-state index contributed by atoms with van der Waals surface area (Å²) in [6, 6.07) is 13.1. The largest absolute Gasteiger partial charge is 0.506 e. The van der Waals surface area contributed by atoms with E-state index < -0.39 is 0 Å². The highest BCUT2D eigenvalue weighted by atomic mass is 35.5. The van der Waals surface area contributed by atoms with Crippen LogP contribution in [0, 0.1) is 19.7 Å². The summed E-state index contributed by atoms with van der Waals surface area (Å²) in [5, 5.41) is 10.3. The third-order valence-corrected chi connectivity index (χ3v) is 4.07. The molecule has 0 saturated heterocycles. The van der Waals surface area contributed by atoms with Crippen molar-refractivity contribution in [3.63, 3.8) is 0 Å². The average Bonchev–Trinajstić information content (AvgIpc) is 2.82. The first-order chi connectivity index (χ1) is 11.5. The highest BCUT2D eigenvalue weighted by molar-refractivity contribution is 6.30. The van der Waals surface area contributed by atoms with Gasteiger partial charge in [-0.2, -0.15) is 0 Å². The van der Waals surface area contributed by atoms with Gasteiger partial charge in [0.25, 0.3) is 0 Å². The second-order valence-corrected chi connectivity index (χ2v) is 5.97. The van der Waals surface area contributed by atoms with Crippen LogP contribution in [0.1, 0.15) is 17.0 Å². The molecule has 0 amide bonds. The summed E-state index contributed by atoms with van der Waals surface area (Å²) in [6.45, 7) is 3.95. The average molecular weight is 343 g/mol. The predicted octanol–water partition coefficient (Wildman–Crippen LogP) is 5.34. The molecule has 0 fully saturated rings. The highest BCUT2D eigenvalue weighted by Crippen LogP contribution is 2.29. The first-order valence-corrected chi connectivity index (χ1v) is 7.81. The van der Waals surface area contributed by atoms with E-state index in [1.165, 1.54) is 18.2 Å². The van der Waals surface area contributed by atoms with Gasteiger partial charge in [0.2, 0.25) is 0 Å². The van der Waals surface area contributed by atoms with Gasteiger partial charge in [0, 0.05) is 39.9 Å². The molecular weight excluding hydrogens is 327 g/mol. The van der Waals surface area contributed by atoms with Crippen LogP contribution in [-0.2, 0) is 0 Å². The Morgan fingerprint density at radius 3 is 2.46 bits per heavy atom. The van der Waals surface area contributed by atoms with Crippen LogP contribution in [0.25, 0.3) is 5.69 Å². The standard InChI is InChI=1S/C19H16ClFN2O/c1-12-9-14(11-22-18-8-3-15(20)10-19(18)24)13(2)23(12)17-6-4-16(21)5-7-17/h3-11,24H,1-2H3. The zero-order valence-electron chi connectivity index (χ0n) is 13.3. The summed E-state index contributed by atoms with van der Waals surface area (Å²) < 4.78 is 15.2. The Balaban J connectivity index is 1.97. The monoisotopic (exact) mass is 342 g/mol. The molecule has 122 valence electrons. The molecule has 2 aromatic carbocycles. The van der Waals surface area contributed by atoms with Crippen molar-refractivity contribution in [2.24, 2.45) is 4.99 Å². The number of benzene rings is 2. The topological polar surface area (TPSA) is 37.5 Å². The Morgan fingerprint density at radius 1 is 1.08 bits per heavy atom. The third kappa shape index (κ3) is 3.19. The lowest BCUT2D eigenvalue weighted by atomic mass is 10.2. The molecule has 24 heavy (non-hydrogen) atoms. The molecule has 1 N–H and O–H groups in total. The van der Waals surface area contributed by atoms with Crippen LogP contribution < -0.4 is 0 Å². The number of aromatic hydroxyl groups is 1. The van der Waals surface area contributed by atoms with Crippen molar-refractivity contribution in [1.29, 1.82) is 0 Å². The molecule has 0 unspecified atom stereocenters. The summed E-state index contributed by atoms with van der Waals surface area (Å²) >= 11 is 5.82. The van der Waals surface area contributed by atoms with Crippen LogP contribution in [0.3, 0.4) is 0 Å². The van der Waals surface area contributed by atoms with E-state index in [1.807, 2.05) is 24.5 Å². The molecule has 0 saturated carbocycles. The Labute approximate surface area is 144 Å². The first-order valence-electron chi connectivity index (χ1n) is 7.43.